The summed E-state index contributed by atoms with van der Waals surface area (Å²) in [5.41, 5.74) is 0.875. The van der Waals surface area contributed by atoms with Crippen LogP contribution in [0, 0.1) is 0 Å². The third kappa shape index (κ3) is 2.43. The molecule has 2 nitrogen and oxygen atoms in total. The molecule has 1 aliphatic carbocycles. The van der Waals surface area contributed by atoms with Crippen molar-refractivity contribution < 1.29 is 4.42 Å². The number of benzene rings is 2. The minimum atomic E-state index is 0.00377. The van der Waals surface area contributed by atoms with Crippen LogP contribution in [-0.2, 0) is 0 Å². The molecule has 21 heavy (non-hydrogen) atoms. The van der Waals surface area contributed by atoms with Crippen LogP contribution in [0.3, 0.4) is 0 Å². The molecule has 1 fully saturated rings. The van der Waals surface area contributed by atoms with E-state index in [0.29, 0.717) is 11.3 Å². The van der Waals surface area contributed by atoms with E-state index >= 15 is 0 Å². The van der Waals surface area contributed by atoms with E-state index in [-0.39, 0.29) is 20.4 Å². The van der Waals surface area contributed by atoms with Gasteiger partial charge in [0.15, 0.2) is 0 Å². The fraction of sp³-hybridized carbons (Fsp3) is 0.167. The van der Waals surface area contributed by atoms with Crippen LogP contribution in [0.25, 0.3) is 11.0 Å². The van der Waals surface area contributed by atoms with Gasteiger partial charge in [0.2, 0.25) is 0 Å². The van der Waals surface area contributed by atoms with Crippen LogP contribution in [0.15, 0.2) is 63.8 Å². The van der Waals surface area contributed by atoms with E-state index in [4.69, 9.17) is 4.42 Å². The van der Waals surface area contributed by atoms with E-state index in [1.165, 1.54) is 4.46 Å². The number of hydrogen-bond acceptors (Lipinski definition) is 2. The minimum absolute atomic E-state index is 0.00377. The first-order chi connectivity index (χ1) is 10.3. The van der Waals surface area contributed by atoms with Crippen molar-refractivity contribution in [1.29, 1.82) is 0 Å². The molecule has 4 rings (SSSR count). The first kappa shape index (κ1) is 12.9. The van der Waals surface area contributed by atoms with E-state index < -0.39 is 0 Å². The van der Waals surface area contributed by atoms with Gasteiger partial charge in [-0.15, -0.1) is 0 Å². The fourth-order valence-electron chi connectivity index (χ4n) is 2.46. The van der Waals surface area contributed by atoms with Crippen molar-refractivity contribution in [3.63, 3.8) is 0 Å². The molecule has 0 saturated heterocycles. The molecule has 0 radical (unpaired) electrons. The van der Waals surface area contributed by atoms with E-state index in [1.54, 1.807) is 0 Å². The van der Waals surface area contributed by atoms with Gasteiger partial charge in [-0.25, -0.2) is 0 Å². The van der Waals surface area contributed by atoms with Gasteiger partial charge < -0.3 is 0 Å². The maximum absolute atomic E-state index is 12.8. The molecule has 0 unspecified atom stereocenters. The molecule has 0 amide bonds. The van der Waals surface area contributed by atoms with Gasteiger partial charge in [0.05, 0.1) is 0 Å². The van der Waals surface area contributed by atoms with Gasteiger partial charge in [-0.3, -0.25) is 0 Å². The Labute approximate surface area is 129 Å². The molecular weight excluding hydrogens is 327 g/mol. The Morgan fingerprint density at radius 3 is 2.43 bits per heavy atom. The zero-order chi connectivity index (χ0) is 14.2. The first-order valence-electron chi connectivity index (χ1n) is 7.11. The SMILES string of the molecule is O=c1c([Se]c2ccccc2)c(C2CC2)oc2ccccc12. The summed E-state index contributed by atoms with van der Waals surface area (Å²) in [7, 11) is 0. The topological polar surface area (TPSA) is 30.2 Å². The number of para-hydroxylation sites is 1. The average Bonchev–Trinajstić information content (AvgIpc) is 3.36. The summed E-state index contributed by atoms with van der Waals surface area (Å²) in [5, 5.41) is 0.703. The van der Waals surface area contributed by atoms with Crippen molar-refractivity contribution in [3.8, 4) is 0 Å². The maximum atomic E-state index is 12.8. The van der Waals surface area contributed by atoms with Crippen LogP contribution < -0.4 is 14.4 Å². The van der Waals surface area contributed by atoms with Crippen molar-refractivity contribution in [2.45, 2.75) is 18.8 Å². The molecule has 1 aliphatic rings. The average molecular weight is 341 g/mol. The second-order valence-electron chi connectivity index (χ2n) is 5.31. The van der Waals surface area contributed by atoms with Gasteiger partial charge in [-0.1, -0.05) is 0 Å². The van der Waals surface area contributed by atoms with Gasteiger partial charge in [-0.2, -0.15) is 0 Å². The van der Waals surface area contributed by atoms with Crippen molar-refractivity contribution in [3.05, 3.63) is 70.6 Å². The van der Waals surface area contributed by atoms with E-state index in [9.17, 15) is 4.79 Å². The van der Waals surface area contributed by atoms with Crippen LogP contribution in [-0.4, -0.2) is 15.0 Å². The van der Waals surface area contributed by atoms with Crippen molar-refractivity contribution in [2.75, 3.05) is 0 Å². The second-order valence-corrected chi connectivity index (χ2v) is 7.58. The van der Waals surface area contributed by atoms with Gasteiger partial charge in [-0.05, 0) is 0 Å². The Balaban J connectivity index is 1.91. The molecule has 0 aliphatic heterocycles. The summed E-state index contributed by atoms with van der Waals surface area (Å²) >= 11 is 0.00377. The molecule has 0 spiro atoms. The van der Waals surface area contributed by atoms with Crippen molar-refractivity contribution in [2.24, 2.45) is 0 Å². The molecule has 0 bridgehead atoms. The second kappa shape index (κ2) is 5.18. The van der Waals surface area contributed by atoms with E-state index in [2.05, 4.69) is 12.1 Å². The molecule has 0 N–H and O–H groups in total. The first-order valence-corrected chi connectivity index (χ1v) is 8.83. The predicted molar refractivity (Wildman–Crippen MR) is 85.9 cm³/mol. The molecule has 0 atom stereocenters. The van der Waals surface area contributed by atoms with Crippen LogP contribution in [0.4, 0.5) is 0 Å². The summed E-state index contributed by atoms with van der Waals surface area (Å²) in [5.74, 6) is 1.38. The van der Waals surface area contributed by atoms with Crippen LogP contribution in [0.1, 0.15) is 24.5 Å². The number of rotatable bonds is 3. The van der Waals surface area contributed by atoms with Gasteiger partial charge in [0.1, 0.15) is 0 Å². The predicted octanol–water partition coefficient (Wildman–Crippen LogP) is 2.33. The number of fused-ring (bicyclic) bond motifs is 1. The Morgan fingerprint density at radius 1 is 0.952 bits per heavy atom. The molecular formula is C18H14O2Se. The van der Waals surface area contributed by atoms with E-state index in [0.717, 1.165) is 28.6 Å². The Kier molecular flexibility index (Phi) is 3.17. The van der Waals surface area contributed by atoms with Crippen LogP contribution in [0.2, 0.25) is 0 Å². The normalized spacial score (nSPS) is 14.5. The summed E-state index contributed by atoms with van der Waals surface area (Å²) in [6.07, 6.45) is 2.28. The fourth-order valence-corrected chi connectivity index (χ4v) is 4.64. The molecule has 1 saturated carbocycles. The molecule has 3 aromatic rings. The summed E-state index contributed by atoms with van der Waals surface area (Å²) in [6.45, 7) is 0. The van der Waals surface area contributed by atoms with Gasteiger partial charge >= 0.3 is 129 Å². The number of hydrogen-bond donors (Lipinski definition) is 0. The van der Waals surface area contributed by atoms with Crippen LogP contribution >= 0.6 is 0 Å². The van der Waals surface area contributed by atoms with Gasteiger partial charge in [0.25, 0.3) is 0 Å². The standard InChI is InChI=1S/C18H14O2Se/c19-16-14-8-4-5-9-15(14)20-17(12-10-11-12)18(16)21-13-6-2-1-3-7-13/h1-9,12H,10-11H2. The summed E-state index contributed by atoms with van der Waals surface area (Å²) in [6, 6.07) is 17.8. The Bertz CT molecular complexity index is 848. The molecule has 104 valence electrons. The monoisotopic (exact) mass is 342 g/mol. The Morgan fingerprint density at radius 2 is 1.67 bits per heavy atom. The molecule has 3 heteroatoms. The zero-order valence-electron chi connectivity index (χ0n) is 11.4. The molecule has 1 aromatic heterocycles. The van der Waals surface area contributed by atoms with Gasteiger partial charge in [0, 0.05) is 0 Å². The summed E-state index contributed by atoms with van der Waals surface area (Å²) in [4.78, 5) is 12.8. The quantitative estimate of drug-likeness (QED) is 0.685. The third-order valence-corrected chi connectivity index (χ3v) is 6.00. The molecule has 2 aromatic carbocycles. The zero-order valence-corrected chi connectivity index (χ0v) is 13.1. The van der Waals surface area contributed by atoms with Crippen molar-refractivity contribution in [1.82, 2.24) is 0 Å². The molecule has 1 heterocycles. The third-order valence-electron chi connectivity index (χ3n) is 3.69. The summed E-state index contributed by atoms with van der Waals surface area (Å²) < 4.78 is 8.20. The van der Waals surface area contributed by atoms with Crippen molar-refractivity contribution >= 4 is 34.8 Å². The van der Waals surface area contributed by atoms with Crippen LogP contribution in [0.5, 0.6) is 0 Å². The van der Waals surface area contributed by atoms with E-state index in [1.807, 2.05) is 42.5 Å². The Hall–Kier alpha value is -1.83.